The SMILES string of the molecule is N#CBr.O=C(n1ccnc1)C(F)(F)F. The Bertz CT molecular complexity index is 327. The molecule has 1 aromatic heterocycles. The lowest BCUT2D eigenvalue weighted by atomic mass is 10.6. The van der Waals surface area contributed by atoms with E-state index in [0.717, 1.165) is 18.7 Å². The van der Waals surface area contributed by atoms with E-state index < -0.39 is 12.1 Å². The van der Waals surface area contributed by atoms with Crippen LogP contribution in [0, 0.1) is 10.2 Å². The van der Waals surface area contributed by atoms with Crippen LogP contribution in [-0.4, -0.2) is 21.6 Å². The highest BCUT2D eigenvalue weighted by molar-refractivity contribution is 9.12. The minimum absolute atomic E-state index is 0.375. The molecule has 1 rings (SSSR count). The van der Waals surface area contributed by atoms with Crippen molar-refractivity contribution in [3.05, 3.63) is 18.7 Å². The van der Waals surface area contributed by atoms with Crippen molar-refractivity contribution < 1.29 is 18.0 Å². The van der Waals surface area contributed by atoms with Gasteiger partial charge < -0.3 is 0 Å². The summed E-state index contributed by atoms with van der Waals surface area (Å²) >= 11 is 2.45. The Morgan fingerprint density at radius 3 is 2.36 bits per heavy atom. The molecule has 0 fully saturated rings. The molecule has 0 radical (unpaired) electrons. The Balaban J connectivity index is 0.000000500. The van der Waals surface area contributed by atoms with Gasteiger partial charge in [-0.3, -0.25) is 9.36 Å². The molecule has 0 N–H and O–H groups in total. The number of hydrogen-bond acceptors (Lipinski definition) is 3. The van der Waals surface area contributed by atoms with E-state index in [1.807, 2.05) is 0 Å². The molecule has 14 heavy (non-hydrogen) atoms. The van der Waals surface area contributed by atoms with Gasteiger partial charge in [0, 0.05) is 28.3 Å². The number of hydrogen-bond donors (Lipinski definition) is 0. The van der Waals surface area contributed by atoms with E-state index in [-0.39, 0.29) is 0 Å². The minimum Gasteiger partial charge on any atom is -0.269 e. The Labute approximate surface area is 85.1 Å². The molecule has 0 saturated heterocycles. The molecule has 0 spiro atoms. The van der Waals surface area contributed by atoms with Crippen LogP contribution in [0.5, 0.6) is 0 Å². The van der Waals surface area contributed by atoms with Gasteiger partial charge in [-0.2, -0.15) is 18.4 Å². The summed E-state index contributed by atoms with van der Waals surface area (Å²) < 4.78 is 35.2. The average molecular weight is 270 g/mol. The average Bonchev–Trinajstić information content (AvgIpc) is 2.54. The number of rotatable bonds is 0. The first-order chi connectivity index (χ1) is 6.43. The van der Waals surface area contributed by atoms with Crippen LogP contribution in [0.2, 0.25) is 0 Å². The normalized spacial score (nSPS) is 9.64. The molecule has 1 aromatic rings. The van der Waals surface area contributed by atoms with Crippen LogP contribution in [0.3, 0.4) is 0 Å². The summed E-state index contributed by atoms with van der Waals surface area (Å²) in [5, 5.41) is 7.24. The number of nitriles is 1. The third kappa shape index (κ3) is 4.04. The number of carbonyl (C=O) groups is 1. The van der Waals surface area contributed by atoms with Gasteiger partial charge in [0.2, 0.25) is 0 Å². The summed E-state index contributed by atoms with van der Waals surface area (Å²) in [6.45, 7) is 0. The highest BCUT2D eigenvalue weighted by Gasteiger charge is 2.39. The maximum Gasteiger partial charge on any atom is 0.472 e. The molecule has 1 heterocycles. The summed E-state index contributed by atoms with van der Waals surface area (Å²) in [4.78, 5) is 15.2. The Morgan fingerprint density at radius 1 is 1.57 bits per heavy atom. The molecule has 0 amide bonds. The number of imidazole rings is 1. The maximum absolute atomic E-state index is 11.6. The summed E-state index contributed by atoms with van der Waals surface area (Å²) in [6, 6.07) is 0. The second kappa shape index (κ2) is 5.39. The summed E-state index contributed by atoms with van der Waals surface area (Å²) in [5.41, 5.74) is 0. The van der Waals surface area contributed by atoms with E-state index in [1.165, 1.54) is 0 Å². The quantitative estimate of drug-likeness (QED) is 0.723. The van der Waals surface area contributed by atoms with E-state index in [4.69, 9.17) is 5.26 Å². The summed E-state index contributed by atoms with van der Waals surface area (Å²) in [6.07, 6.45) is -1.99. The van der Waals surface area contributed by atoms with Crippen LogP contribution in [0.25, 0.3) is 0 Å². The van der Waals surface area contributed by atoms with Crippen LogP contribution in [-0.2, 0) is 0 Å². The highest BCUT2D eigenvalue weighted by atomic mass is 79.9. The largest absolute Gasteiger partial charge is 0.472 e. The van der Waals surface area contributed by atoms with Gasteiger partial charge >= 0.3 is 12.1 Å². The number of aromatic nitrogens is 2. The van der Waals surface area contributed by atoms with Crippen LogP contribution in [0.4, 0.5) is 13.2 Å². The van der Waals surface area contributed by atoms with Crippen molar-refractivity contribution in [2.45, 2.75) is 6.18 Å². The molecule has 0 aliphatic carbocycles. The topological polar surface area (TPSA) is 58.7 Å². The van der Waals surface area contributed by atoms with Crippen molar-refractivity contribution in [3.63, 3.8) is 0 Å². The standard InChI is InChI=1S/C5H3F3N2O.CBrN/c6-5(7,8)4(11)10-2-1-9-3-10;2-1-3/h1-3H;. The van der Waals surface area contributed by atoms with E-state index in [2.05, 4.69) is 20.9 Å². The van der Waals surface area contributed by atoms with Gasteiger partial charge in [-0.25, -0.2) is 4.98 Å². The molecule has 0 unspecified atom stereocenters. The lowest BCUT2D eigenvalue weighted by Crippen LogP contribution is -2.27. The zero-order valence-corrected chi connectivity index (χ0v) is 8.08. The molecule has 0 aromatic carbocycles. The van der Waals surface area contributed by atoms with E-state index in [1.54, 1.807) is 4.98 Å². The third-order valence-electron chi connectivity index (χ3n) is 0.981. The smallest absolute Gasteiger partial charge is 0.269 e. The Kier molecular flexibility index (Phi) is 4.86. The summed E-state index contributed by atoms with van der Waals surface area (Å²) in [5.74, 6) is -1.94. The van der Waals surface area contributed by atoms with Gasteiger partial charge in [0.05, 0.1) is 0 Å². The van der Waals surface area contributed by atoms with Gasteiger partial charge in [-0.1, -0.05) is 0 Å². The van der Waals surface area contributed by atoms with Crippen molar-refractivity contribution in [2.75, 3.05) is 0 Å². The van der Waals surface area contributed by atoms with Crippen LogP contribution < -0.4 is 0 Å². The molecule has 0 saturated carbocycles. The van der Waals surface area contributed by atoms with Crippen molar-refractivity contribution >= 4 is 21.8 Å². The second-order valence-corrected chi connectivity index (χ2v) is 2.21. The monoisotopic (exact) mass is 269 g/mol. The molecule has 8 heteroatoms. The van der Waals surface area contributed by atoms with Gasteiger partial charge in [-0.15, -0.1) is 0 Å². The molecule has 0 bridgehead atoms. The van der Waals surface area contributed by atoms with E-state index in [9.17, 15) is 18.0 Å². The van der Waals surface area contributed by atoms with E-state index in [0.29, 0.717) is 4.57 Å². The van der Waals surface area contributed by atoms with Crippen LogP contribution >= 0.6 is 15.9 Å². The second-order valence-electron chi connectivity index (χ2n) is 1.86. The van der Waals surface area contributed by atoms with Crippen LogP contribution in [0.1, 0.15) is 4.79 Å². The molecule has 0 aliphatic heterocycles. The van der Waals surface area contributed by atoms with Crippen molar-refractivity contribution in [1.82, 2.24) is 9.55 Å². The van der Waals surface area contributed by atoms with Crippen LogP contribution in [0.15, 0.2) is 18.7 Å². The number of carbonyl (C=O) groups excluding carboxylic acids is 1. The number of halogens is 4. The molecule has 0 atom stereocenters. The number of alkyl halides is 3. The fourth-order valence-electron chi connectivity index (χ4n) is 0.526. The first-order valence-electron chi connectivity index (χ1n) is 3.02. The van der Waals surface area contributed by atoms with Crippen molar-refractivity contribution in [2.24, 2.45) is 0 Å². The maximum atomic E-state index is 11.6. The highest BCUT2D eigenvalue weighted by Crippen LogP contribution is 2.16. The summed E-state index contributed by atoms with van der Waals surface area (Å²) in [7, 11) is 0. The molecular weight excluding hydrogens is 267 g/mol. The van der Waals surface area contributed by atoms with Crippen molar-refractivity contribution in [3.8, 4) is 4.98 Å². The van der Waals surface area contributed by atoms with E-state index >= 15 is 0 Å². The number of nitrogens with zero attached hydrogens (tertiary/aromatic N) is 3. The fourth-order valence-corrected chi connectivity index (χ4v) is 0.526. The molecule has 76 valence electrons. The first kappa shape index (κ1) is 12.6. The van der Waals surface area contributed by atoms with Gasteiger partial charge in [0.25, 0.3) is 0 Å². The Hall–Kier alpha value is -1.36. The predicted molar refractivity (Wildman–Crippen MR) is 43.4 cm³/mol. The molecular formula is C6H3BrF3N3O. The van der Waals surface area contributed by atoms with Gasteiger partial charge in [0.15, 0.2) is 0 Å². The third-order valence-corrected chi connectivity index (χ3v) is 0.981. The zero-order valence-electron chi connectivity index (χ0n) is 6.49. The van der Waals surface area contributed by atoms with Crippen molar-refractivity contribution in [1.29, 1.82) is 5.26 Å². The Morgan fingerprint density at radius 2 is 2.07 bits per heavy atom. The van der Waals surface area contributed by atoms with Gasteiger partial charge in [0.1, 0.15) is 11.3 Å². The minimum atomic E-state index is -4.83. The predicted octanol–water partition coefficient (Wildman–Crippen LogP) is 1.95. The fraction of sp³-hybridized carbons (Fsp3) is 0.167. The first-order valence-corrected chi connectivity index (χ1v) is 3.82. The lowest BCUT2D eigenvalue weighted by Gasteiger charge is -2.03. The molecule has 4 nitrogen and oxygen atoms in total. The molecule has 0 aliphatic rings. The zero-order chi connectivity index (χ0) is 11.2. The van der Waals surface area contributed by atoms with Gasteiger partial charge in [-0.05, 0) is 0 Å². The lowest BCUT2D eigenvalue weighted by molar-refractivity contribution is -0.0946.